The third-order valence-electron chi connectivity index (χ3n) is 1.58. The molecule has 0 saturated heterocycles. The van der Waals surface area contributed by atoms with Crippen LogP contribution in [0.4, 0.5) is 8.78 Å². The van der Waals surface area contributed by atoms with Gasteiger partial charge < -0.3 is 9.47 Å². The fourth-order valence-corrected chi connectivity index (χ4v) is 1.61. The number of halogens is 3. The van der Waals surface area contributed by atoms with Crippen molar-refractivity contribution in [3.05, 3.63) is 27.3 Å². The van der Waals surface area contributed by atoms with Gasteiger partial charge in [0.1, 0.15) is 5.56 Å². The van der Waals surface area contributed by atoms with Crippen molar-refractivity contribution in [1.82, 2.24) is 0 Å². The summed E-state index contributed by atoms with van der Waals surface area (Å²) in [6.45, 7) is -2.97. The van der Waals surface area contributed by atoms with E-state index in [1.54, 1.807) is 34.7 Å². The van der Waals surface area contributed by atoms with Crippen molar-refractivity contribution in [2.24, 2.45) is 0 Å². The van der Waals surface area contributed by atoms with Gasteiger partial charge in [0.25, 0.3) is 0 Å². The van der Waals surface area contributed by atoms with E-state index in [1.165, 1.54) is 13.2 Å². The van der Waals surface area contributed by atoms with Gasteiger partial charge in [-0.1, -0.05) is 6.07 Å². The zero-order valence-electron chi connectivity index (χ0n) is 7.67. The lowest BCUT2D eigenvalue weighted by Gasteiger charge is -2.10. The zero-order valence-corrected chi connectivity index (χ0v) is 9.83. The highest BCUT2D eigenvalue weighted by atomic mass is 127. The SMILES string of the molecule is COC(=O)c1cccc(I)c1OC(F)F. The predicted molar refractivity (Wildman–Crippen MR) is 57.1 cm³/mol. The molecule has 1 rings (SSSR count). The van der Waals surface area contributed by atoms with Crippen LogP contribution in [0.2, 0.25) is 0 Å². The summed E-state index contributed by atoms with van der Waals surface area (Å²) in [5.74, 6) is -0.857. The van der Waals surface area contributed by atoms with Crippen LogP contribution in [0.25, 0.3) is 0 Å². The first-order valence-electron chi connectivity index (χ1n) is 3.88. The Bertz CT molecular complexity index is 368. The van der Waals surface area contributed by atoms with Crippen molar-refractivity contribution >= 4 is 28.6 Å². The van der Waals surface area contributed by atoms with Crippen LogP contribution in [0.3, 0.4) is 0 Å². The second kappa shape index (κ2) is 5.24. The molecule has 1 aromatic rings. The summed E-state index contributed by atoms with van der Waals surface area (Å²) < 4.78 is 33.3. The second-order valence-electron chi connectivity index (χ2n) is 2.49. The maximum absolute atomic E-state index is 12.1. The van der Waals surface area contributed by atoms with Gasteiger partial charge in [-0.3, -0.25) is 0 Å². The van der Waals surface area contributed by atoms with Crippen LogP contribution in [0.15, 0.2) is 18.2 Å². The molecule has 15 heavy (non-hydrogen) atoms. The van der Waals surface area contributed by atoms with Gasteiger partial charge in [0.2, 0.25) is 0 Å². The summed E-state index contributed by atoms with van der Waals surface area (Å²) in [6, 6.07) is 4.49. The molecular formula is C9H7F2IO3. The van der Waals surface area contributed by atoms with Crippen molar-refractivity contribution in [2.75, 3.05) is 7.11 Å². The molecule has 0 fully saturated rings. The van der Waals surface area contributed by atoms with Crippen molar-refractivity contribution in [3.63, 3.8) is 0 Å². The quantitative estimate of drug-likeness (QED) is 0.632. The Hall–Kier alpha value is -0.920. The van der Waals surface area contributed by atoms with Crippen LogP contribution in [-0.4, -0.2) is 19.7 Å². The molecule has 0 heterocycles. The molecule has 0 saturated carbocycles. The molecule has 0 atom stereocenters. The summed E-state index contributed by atoms with van der Waals surface area (Å²) in [7, 11) is 1.17. The molecule has 6 heteroatoms. The third kappa shape index (κ3) is 3.01. The normalized spacial score (nSPS) is 10.2. The number of hydrogen-bond acceptors (Lipinski definition) is 3. The molecule has 0 aromatic heterocycles. The number of carbonyl (C=O) groups excluding carboxylic acids is 1. The first-order chi connectivity index (χ1) is 7.06. The Balaban J connectivity index is 3.14. The van der Waals surface area contributed by atoms with Gasteiger partial charge in [-0.15, -0.1) is 0 Å². The van der Waals surface area contributed by atoms with E-state index in [2.05, 4.69) is 9.47 Å². The smallest absolute Gasteiger partial charge is 0.387 e. The van der Waals surface area contributed by atoms with Crippen molar-refractivity contribution in [1.29, 1.82) is 0 Å². The van der Waals surface area contributed by atoms with Gasteiger partial charge in [-0.25, -0.2) is 4.79 Å². The van der Waals surface area contributed by atoms with Crippen LogP contribution in [0.5, 0.6) is 5.75 Å². The van der Waals surface area contributed by atoms with Gasteiger partial charge in [-0.2, -0.15) is 8.78 Å². The molecule has 3 nitrogen and oxygen atoms in total. The van der Waals surface area contributed by atoms with Gasteiger partial charge in [0, 0.05) is 0 Å². The first-order valence-corrected chi connectivity index (χ1v) is 4.95. The summed E-state index contributed by atoms with van der Waals surface area (Å²) >= 11 is 1.80. The highest BCUT2D eigenvalue weighted by Gasteiger charge is 2.18. The van der Waals surface area contributed by atoms with Gasteiger partial charge >= 0.3 is 12.6 Å². The number of carbonyl (C=O) groups is 1. The lowest BCUT2D eigenvalue weighted by molar-refractivity contribution is -0.0509. The molecule has 0 spiro atoms. The Morgan fingerprint density at radius 1 is 1.47 bits per heavy atom. The summed E-state index contributed by atoms with van der Waals surface area (Å²) in [6.07, 6.45) is 0. The first kappa shape index (κ1) is 12.2. The molecule has 1 aromatic carbocycles. The minimum absolute atomic E-state index is 0.00954. The Kier molecular flexibility index (Phi) is 4.25. The van der Waals surface area contributed by atoms with Crippen LogP contribution >= 0.6 is 22.6 Å². The van der Waals surface area contributed by atoms with E-state index in [0.29, 0.717) is 3.57 Å². The Morgan fingerprint density at radius 3 is 2.67 bits per heavy atom. The van der Waals surface area contributed by atoms with Gasteiger partial charge in [0.15, 0.2) is 5.75 Å². The second-order valence-corrected chi connectivity index (χ2v) is 3.65. The summed E-state index contributed by atoms with van der Waals surface area (Å²) in [5, 5.41) is 0. The molecule has 0 aliphatic rings. The molecule has 82 valence electrons. The average molecular weight is 328 g/mol. The maximum atomic E-state index is 12.1. The van der Waals surface area contributed by atoms with Crippen molar-refractivity contribution < 1.29 is 23.0 Å². The molecular weight excluding hydrogens is 321 g/mol. The van der Waals surface area contributed by atoms with E-state index in [9.17, 15) is 13.6 Å². The monoisotopic (exact) mass is 328 g/mol. The molecule has 0 N–H and O–H groups in total. The number of para-hydroxylation sites is 1. The molecule has 0 radical (unpaired) electrons. The lowest BCUT2D eigenvalue weighted by Crippen LogP contribution is -2.10. The fourth-order valence-electron chi connectivity index (χ4n) is 0.988. The largest absolute Gasteiger partial charge is 0.465 e. The van der Waals surface area contributed by atoms with Crippen LogP contribution in [-0.2, 0) is 4.74 Å². The number of ether oxygens (including phenoxy) is 2. The molecule has 0 amide bonds. The Labute approximate surface area is 98.5 Å². The van der Waals surface area contributed by atoms with E-state index >= 15 is 0 Å². The van der Waals surface area contributed by atoms with E-state index < -0.39 is 12.6 Å². The van der Waals surface area contributed by atoms with Crippen LogP contribution in [0.1, 0.15) is 10.4 Å². The standard InChI is InChI=1S/C9H7F2IO3/c1-14-8(13)5-3-2-4-6(12)7(5)15-9(10)11/h2-4,9H,1H3. The van der Waals surface area contributed by atoms with Crippen LogP contribution in [0, 0.1) is 3.57 Å². The van der Waals surface area contributed by atoms with Gasteiger partial charge in [0.05, 0.1) is 10.7 Å². The number of benzene rings is 1. The van der Waals surface area contributed by atoms with Crippen LogP contribution < -0.4 is 4.74 Å². The maximum Gasteiger partial charge on any atom is 0.387 e. The number of esters is 1. The lowest BCUT2D eigenvalue weighted by atomic mass is 10.2. The average Bonchev–Trinajstić information content (AvgIpc) is 2.19. The number of methoxy groups -OCH3 is 1. The van der Waals surface area contributed by atoms with Gasteiger partial charge in [-0.05, 0) is 34.7 Å². The van der Waals surface area contributed by atoms with E-state index in [-0.39, 0.29) is 11.3 Å². The third-order valence-corrected chi connectivity index (χ3v) is 2.43. The van der Waals surface area contributed by atoms with E-state index in [1.807, 2.05) is 0 Å². The summed E-state index contributed by atoms with van der Waals surface area (Å²) in [5.41, 5.74) is -0.00954. The fraction of sp³-hybridized carbons (Fsp3) is 0.222. The molecule has 0 aliphatic carbocycles. The van der Waals surface area contributed by atoms with Crippen molar-refractivity contribution in [3.8, 4) is 5.75 Å². The minimum atomic E-state index is -2.97. The number of rotatable bonds is 3. The molecule has 0 bridgehead atoms. The molecule has 0 unspecified atom stereocenters. The zero-order chi connectivity index (χ0) is 11.4. The van der Waals surface area contributed by atoms with E-state index in [0.717, 1.165) is 0 Å². The topological polar surface area (TPSA) is 35.5 Å². The Morgan fingerprint density at radius 2 is 2.13 bits per heavy atom. The predicted octanol–water partition coefficient (Wildman–Crippen LogP) is 2.68. The summed E-state index contributed by atoms with van der Waals surface area (Å²) in [4.78, 5) is 11.2. The van der Waals surface area contributed by atoms with Crippen molar-refractivity contribution in [2.45, 2.75) is 6.61 Å². The number of alkyl halides is 2. The molecule has 0 aliphatic heterocycles. The van der Waals surface area contributed by atoms with E-state index in [4.69, 9.17) is 0 Å². The number of hydrogen-bond donors (Lipinski definition) is 0. The highest BCUT2D eigenvalue weighted by Crippen LogP contribution is 2.27. The minimum Gasteiger partial charge on any atom is -0.465 e. The highest BCUT2D eigenvalue weighted by molar-refractivity contribution is 14.1.